The fourth-order valence-corrected chi connectivity index (χ4v) is 7.97. The van der Waals surface area contributed by atoms with E-state index >= 15 is 0 Å². The Kier molecular flexibility index (Phi) is 13.5. The van der Waals surface area contributed by atoms with Crippen LogP contribution in [0.15, 0.2) is 134 Å². The third-order valence-electron chi connectivity index (χ3n) is 11.2. The van der Waals surface area contributed by atoms with E-state index in [0.29, 0.717) is 32.8 Å². The number of carbonyl (C=O) groups is 2. The molecule has 8 rings (SSSR count). The van der Waals surface area contributed by atoms with Gasteiger partial charge in [0.05, 0.1) is 24.0 Å². The van der Waals surface area contributed by atoms with E-state index in [-0.39, 0.29) is 22.6 Å². The van der Waals surface area contributed by atoms with E-state index in [1.165, 1.54) is 11.1 Å². The molecule has 3 saturated heterocycles. The van der Waals surface area contributed by atoms with E-state index in [2.05, 4.69) is 58.2 Å². The number of hydrogen-bond acceptors (Lipinski definition) is 8. The SMILES string of the molecule is CC1(C(=O)N2CCOCC2)CCN(Cc2cccc(Oc3ccccc3)c2)C1.CC1(C(=O)NCc2cccnc2)CCN(Cc2cccc(Oc3ccccc3)c2)C1. The van der Waals surface area contributed by atoms with Gasteiger partial charge in [-0.25, -0.2) is 0 Å². The summed E-state index contributed by atoms with van der Waals surface area (Å²) < 4.78 is 17.3. The molecule has 0 spiro atoms. The maximum absolute atomic E-state index is 13.0. The van der Waals surface area contributed by atoms with Gasteiger partial charge >= 0.3 is 0 Å². The minimum atomic E-state index is -0.375. The van der Waals surface area contributed by atoms with Gasteiger partial charge in [0.2, 0.25) is 11.8 Å². The van der Waals surface area contributed by atoms with Crippen LogP contribution in [0.5, 0.6) is 23.0 Å². The molecule has 5 aromatic rings. The Morgan fingerprint density at radius 1 is 0.638 bits per heavy atom. The fourth-order valence-electron chi connectivity index (χ4n) is 7.97. The number of amides is 2. The molecule has 0 bridgehead atoms. The number of carbonyl (C=O) groups excluding carboxylic acids is 2. The standard InChI is InChI=1S/C25H27N3O2.C23H28N2O3/c1-25(24(29)27-17-21-8-6-13-26-16-21)12-14-28(19-25)18-20-7-5-11-23(15-20)30-22-9-3-2-4-10-22;1-23(22(26)25-12-14-27-15-13-25)10-11-24(18-23)17-19-6-5-9-21(16-19)28-20-7-3-2-4-8-20/h2-11,13,15-16H,12,14,17-19H2,1H3,(H,27,29);2-9,16H,10-15,17-18H2,1H3. The maximum atomic E-state index is 13.0. The van der Waals surface area contributed by atoms with Crippen LogP contribution in [-0.4, -0.2) is 84.0 Å². The average molecular weight is 782 g/mol. The number of nitrogens with one attached hydrogen (secondary N) is 1. The van der Waals surface area contributed by atoms with Gasteiger partial charge in [0, 0.05) is 58.2 Å². The molecule has 0 saturated carbocycles. The van der Waals surface area contributed by atoms with Crippen LogP contribution in [0.4, 0.5) is 0 Å². The molecule has 1 N–H and O–H groups in total. The molecule has 10 nitrogen and oxygen atoms in total. The number of para-hydroxylation sites is 2. The first-order valence-electron chi connectivity index (χ1n) is 20.4. The van der Waals surface area contributed by atoms with Crippen LogP contribution in [0.2, 0.25) is 0 Å². The first-order chi connectivity index (χ1) is 28.2. The van der Waals surface area contributed by atoms with Gasteiger partial charge in [0.25, 0.3) is 0 Å². The van der Waals surface area contributed by atoms with E-state index < -0.39 is 0 Å². The predicted octanol–water partition coefficient (Wildman–Crippen LogP) is 7.95. The Bertz CT molecular complexity index is 2080. The molecule has 58 heavy (non-hydrogen) atoms. The third-order valence-corrected chi connectivity index (χ3v) is 11.2. The zero-order valence-corrected chi connectivity index (χ0v) is 33.7. The first kappa shape index (κ1) is 40.6. The van der Waals surface area contributed by atoms with Gasteiger partial charge in [-0.2, -0.15) is 0 Å². The number of benzene rings is 4. The van der Waals surface area contributed by atoms with Crippen molar-refractivity contribution >= 4 is 11.8 Å². The van der Waals surface area contributed by atoms with E-state index in [4.69, 9.17) is 14.2 Å². The van der Waals surface area contributed by atoms with E-state index in [1.54, 1.807) is 12.4 Å². The molecular formula is C48H55N5O5. The highest BCUT2D eigenvalue weighted by molar-refractivity contribution is 5.83. The molecule has 2 amide bonds. The molecule has 1 aromatic heterocycles. The van der Waals surface area contributed by atoms with Crippen molar-refractivity contribution in [2.24, 2.45) is 10.8 Å². The highest BCUT2D eigenvalue weighted by Crippen LogP contribution is 2.34. The van der Waals surface area contributed by atoms with Crippen molar-refractivity contribution in [3.8, 4) is 23.0 Å². The van der Waals surface area contributed by atoms with Crippen molar-refractivity contribution in [2.75, 3.05) is 52.5 Å². The number of ether oxygens (including phenoxy) is 3. The number of rotatable bonds is 12. The molecule has 4 aromatic carbocycles. The molecule has 302 valence electrons. The Morgan fingerprint density at radius 3 is 1.71 bits per heavy atom. The molecule has 4 heterocycles. The molecular weight excluding hydrogens is 727 g/mol. The van der Waals surface area contributed by atoms with Crippen LogP contribution in [0, 0.1) is 10.8 Å². The Balaban J connectivity index is 0.000000177. The lowest BCUT2D eigenvalue weighted by molar-refractivity contribution is -0.144. The topological polar surface area (TPSA) is 96.5 Å². The van der Waals surface area contributed by atoms with Gasteiger partial charge in [0.15, 0.2) is 0 Å². The summed E-state index contributed by atoms with van der Waals surface area (Å²) in [5.41, 5.74) is 2.73. The third kappa shape index (κ3) is 11.1. The van der Waals surface area contributed by atoms with Gasteiger partial charge < -0.3 is 24.4 Å². The van der Waals surface area contributed by atoms with Gasteiger partial charge in [-0.3, -0.25) is 24.4 Å². The summed E-state index contributed by atoms with van der Waals surface area (Å²) in [6.45, 7) is 12.4. The van der Waals surface area contributed by atoms with Crippen LogP contribution in [0.25, 0.3) is 0 Å². The molecule has 3 aliphatic heterocycles. The van der Waals surface area contributed by atoms with Crippen LogP contribution in [0.3, 0.4) is 0 Å². The highest BCUT2D eigenvalue weighted by atomic mass is 16.5. The summed E-state index contributed by atoms with van der Waals surface area (Å²) in [6.07, 6.45) is 5.28. The van der Waals surface area contributed by atoms with E-state index in [0.717, 1.165) is 80.7 Å². The quantitative estimate of drug-likeness (QED) is 0.136. The number of pyridine rings is 1. The molecule has 0 aliphatic carbocycles. The van der Waals surface area contributed by atoms with Crippen molar-refractivity contribution in [1.29, 1.82) is 0 Å². The normalized spacial score (nSPS) is 20.8. The first-order valence-corrected chi connectivity index (χ1v) is 20.4. The molecule has 2 unspecified atom stereocenters. The van der Waals surface area contributed by atoms with Gasteiger partial charge in [0.1, 0.15) is 23.0 Å². The van der Waals surface area contributed by atoms with Crippen LogP contribution >= 0.6 is 0 Å². The van der Waals surface area contributed by atoms with E-state index in [1.807, 2.05) is 102 Å². The lowest BCUT2D eigenvalue weighted by atomic mass is 9.88. The van der Waals surface area contributed by atoms with Crippen LogP contribution in [0.1, 0.15) is 43.4 Å². The maximum Gasteiger partial charge on any atom is 0.230 e. The zero-order valence-electron chi connectivity index (χ0n) is 33.7. The Labute approximate surface area is 342 Å². The Hall–Kier alpha value is -5.55. The average Bonchev–Trinajstić information content (AvgIpc) is 3.83. The molecule has 3 fully saturated rings. The van der Waals surface area contributed by atoms with Crippen LogP contribution in [-0.2, 0) is 34.0 Å². The summed E-state index contributed by atoms with van der Waals surface area (Å²) in [4.78, 5) is 36.6. The lowest BCUT2D eigenvalue weighted by Gasteiger charge is -2.34. The summed E-state index contributed by atoms with van der Waals surface area (Å²) in [7, 11) is 0. The summed E-state index contributed by atoms with van der Waals surface area (Å²) >= 11 is 0. The fraction of sp³-hybridized carbons (Fsp3) is 0.354. The largest absolute Gasteiger partial charge is 0.457 e. The summed E-state index contributed by atoms with van der Waals surface area (Å²) in [6, 6.07) is 39.9. The predicted molar refractivity (Wildman–Crippen MR) is 225 cm³/mol. The number of likely N-dealkylation sites (tertiary alicyclic amines) is 2. The second-order valence-corrected chi connectivity index (χ2v) is 16.1. The molecule has 2 atom stereocenters. The zero-order chi connectivity index (χ0) is 40.2. The Morgan fingerprint density at radius 2 is 1.16 bits per heavy atom. The second kappa shape index (κ2) is 19.3. The van der Waals surface area contributed by atoms with Crippen molar-refractivity contribution in [1.82, 2.24) is 25.0 Å². The number of nitrogens with zero attached hydrogens (tertiary/aromatic N) is 4. The second-order valence-electron chi connectivity index (χ2n) is 16.1. The molecule has 0 radical (unpaired) electrons. The van der Waals surface area contributed by atoms with E-state index in [9.17, 15) is 9.59 Å². The van der Waals surface area contributed by atoms with Crippen molar-refractivity contribution in [2.45, 2.75) is 46.3 Å². The summed E-state index contributed by atoms with van der Waals surface area (Å²) in [5.74, 6) is 3.72. The van der Waals surface area contributed by atoms with Crippen molar-refractivity contribution in [3.05, 3.63) is 150 Å². The van der Waals surface area contributed by atoms with Crippen molar-refractivity contribution in [3.63, 3.8) is 0 Å². The van der Waals surface area contributed by atoms with Crippen LogP contribution < -0.4 is 14.8 Å². The number of morpholine rings is 1. The lowest BCUT2D eigenvalue weighted by Crippen LogP contribution is -2.48. The highest BCUT2D eigenvalue weighted by Gasteiger charge is 2.43. The summed E-state index contributed by atoms with van der Waals surface area (Å²) in [5, 5.41) is 3.08. The molecule has 10 heteroatoms. The van der Waals surface area contributed by atoms with Gasteiger partial charge in [-0.1, -0.05) is 66.7 Å². The number of hydrogen-bond donors (Lipinski definition) is 1. The van der Waals surface area contributed by atoms with Gasteiger partial charge in [-0.05, 0) is 111 Å². The number of aromatic nitrogens is 1. The molecule has 3 aliphatic rings. The monoisotopic (exact) mass is 781 g/mol. The van der Waals surface area contributed by atoms with Crippen molar-refractivity contribution < 1.29 is 23.8 Å². The minimum absolute atomic E-state index is 0.106. The smallest absolute Gasteiger partial charge is 0.230 e. The van der Waals surface area contributed by atoms with Gasteiger partial charge in [-0.15, -0.1) is 0 Å². The minimum Gasteiger partial charge on any atom is -0.457 e.